The van der Waals surface area contributed by atoms with Gasteiger partial charge in [0.1, 0.15) is 23.5 Å². The van der Waals surface area contributed by atoms with Crippen LogP contribution in [0, 0.1) is 0 Å². The Bertz CT molecular complexity index is 1210. The number of nitrogens with zero attached hydrogens (tertiary/aromatic N) is 5. The smallest absolute Gasteiger partial charge is 0.343 e. The zero-order valence-corrected chi connectivity index (χ0v) is 16.0. The zero-order valence-electron chi connectivity index (χ0n) is 15.2. The number of nitrogens with one attached hydrogen (secondary N) is 1. The van der Waals surface area contributed by atoms with Gasteiger partial charge in [0.25, 0.3) is 0 Å². The minimum absolute atomic E-state index is 0.112. The summed E-state index contributed by atoms with van der Waals surface area (Å²) in [4.78, 5) is 23.7. The van der Waals surface area contributed by atoms with Gasteiger partial charge >= 0.3 is 5.97 Å². The highest BCUT2D eigenvalue weighted by Crippen LogP contribution is 2.31. The maximum atomic E-state index is 11.6. The number of carbonyl (C=O) groups is 1. The first-order chi connectivity index (χ1) is 14.0. The number of nitrogens with two attached hydrogens (primary N) is 1. The normalized spacial score (nSPS) is 12.1. The third-order valence-corrected chi connectivity index (χ3v) is 4.70. The molecular weight excluding hydrogens is 394 g/mol. The average Bonchev–Trinajstić information content (AvgIpc) is 3.07. The first kappa shape index (κ1) is 18.6. The summed E-state index contributed by atoms with van der Waals surface area (Å²) in [6.45, 7) is 1.87. The van der Waals surface area contributed by atoms with Crippen molar-refractivity contribution in [1.82, 2.24) is 24.6 Å². The van der Waals surface area contributed by atoms with E-state index in [2.05, 4.69) is 25.4 Å². The highest BCUT2D eigenvalue weighted by Gasteiger charge is 2.21. The van der Waals surface area contributed by atoms with E-state index in [9.17, 15) is 9.90 Å². The second-order valence-electron chi connectivity index (χ2n) is 6.32. The molecular formula is C19H16ClN7O2. The molecule has 0 aliphatic rings. The van der Waals surface area contributed by atoms with Crippen LogP contribution in [-0.2, 0) is 0 Å². The van der Waals surface area contributed by atoms with Crippen molar-refractivity contribution in [3.63, 3.8) is 0 Å². The molecule has 1 unspecified atom stereocenters. The summed E-state index contributed by atoms with van der Waals surface area (Å²) >= 11 is 6.19. The highest BCUT2D eigenvalue weighted by molar-refractivity contribution is 6.29. The van der Waals surface area contributed by atoms with Gasteiger partial charge in [-0.15, -0.1) is 0 Å². The lowest BCUT2D eigenvalue weighted by Gasteiger charge is -2.19. The number of fused-ring (bicyclic) bond motifs is 1. The van der Waals surface area contributed by atoms with E-state index in [1.807, 2.05) is 43.3 Å². The summed E-state index contributed by atoms with van der Waals surface area (Å²) in [5.41, 5.74) is 8.46. The van der Waals surface area contributed by atoms with Crippen LogP contribution in [0.25, 0.3) is 16.9 Å². The van der Waals surface area contributed by atoms with E-state index in [4.69, 9.17) is 17.3 Å². The van der Waals surface area contributed by atoms with Gasteiger partial charge in [0.15, 0.2) is 10.8 Å². The molecule has 0 bridgehead atoms. The SMILES string of the molecule is CC(Nc1ncnc(N)c1C(=O)O)c1cc2ncc(Cl)n2nc1-c1ccccc1. The molecule has 0 radical (unpaired) electrons. The first-order valence-electron chi connectivity index (χ1n) is 8.65. The molecule has 0 saturated heterocycles. The predicted molar refractivity (Wildman–Crippen MR) is 109 cm³/mol. The average molecular weight is 410 g/mol. The number of nitrogen functional groups attached to an aromatic ring is 1. The van der Waals surface area contributed by atoms with Crippen molar-refractivity contribution in [2.75, 3.05) is 11.1 Å². The molecule has 0 saturated carbocycles. The number of carboxylic acid groups (broad SMARTS) is 1. The molecule has 0 aliphatic heterocycles. The van der Waals surface area contributed by atoms with Gasteiger partial charge in [-0.1, -0.05) is 41.9 Å². The van der Waals surface area contributed by atoms with Gasteiger partial charge in [0.05, 0.1) is 17.9 Å². The summed E-state index contributed by atoms with van der Waals surface area (Å²) < 4.78 is 1.55. The van der Waals surface area contributed by atoms with Gasteiger partial charge in [0.2, 0.25) is 0 Å². The van der Waals surface area contributed by atoms with Crippen LogP contribution in [0.4, 0.5) is 11.6 Å². The molecule has 3 heterocycles. The van der Waals surface area contributed by atoms with Crippen LogP contribution in [0.1, 0.15) is 28.9 Å². The minimum Gasteiger partial charge on any atom is -0.477 e. The molecule has 10 heteroatoms. The monoisotopic (exact) mass is 409 g/mol. The fourth-order valence-electron chi connectivity index (χ4n) is 3.05. The summed E-state index contributed by atoms with van der Waals surface area (Å²) in [6, 6.07) is 11.1. The molecule has 0 amide bonds. The zero-order chi connectivity index (χ0) is 20.5. The van der Waals surface area contributed by atoms with Crippen molar-refractivity contribution in [2.45, 2.75) is 13.0 Å². The third kappa shape index (κ3) is 3.43. The van der Waals surface area contributed by atoms with Crippen LogP contribution < -0.4 is 11.1 Å². The van der Waals surface area contributed by atoms with E-state index < -0.39 is 5.97 Å². The third-order valence-electron chi connectivity index (χ3n) is 4.44. The van der Waals surface area contributed by atoms with Crippen molar-refractivity contribution >= 4 is 34.9 Å². The lowest BCUT2D eigenvalue weighted by Crippen LogP contribution is -2.16. The molecule has 0 aliphatic carbocycles. The molecule has 4 N–H and O–H groups in total. The van der Waals surface area contributed by atoms with Crippen molar-refractivity contribution < 1.29 is 9.90 Å². The van der Waals surface area contributed by atoms with Gasteiger partial charge < -0.3 is 16.2 Å². The number of hydrogen-bond acceptors (Lipinski definition) is 7. The summed E-state index contributed by atoms with van der Waals surface area (Å²) in [5.74, 6) is -1.20. The second-order valence-corrected chi connectivity index (χ2v) is 6.71. The lowest BCUT2D eigenvalue weighted by atomic mass is 10.0. The topological polar surface area (TPSA) is 131 Å². The number of carboxylic acids is 1. The van der Waals surface area contributed by atoms with E-state index in [1.54, 1.807) is 4.52 Å². The fraction of sp³-hybridized carbons (Fsp3) is 0.105. The predicted octanol–water partition coefficient (Wildman–Crippen LogP) is 3.29. The van der Waals surface area contributed by atoms with Crippen molar-refractivity contribution in [1.29, 1.82) is 0 Å². The van der Waals surface area contributed by atoms with Crippen LogP contribution in [0.15, 0.2) is 48.9 Å². The fourth-order valence-corrected chi connectivity index (χ4v) is 3.23. The summed E-state index contributed by atoms with van der Waals surface area (Å²) in [6.07, 6.45) is 2.74. The molecule has 0 spiro atoms. The maximum Gasteiger partial charge on any atom is 0.343 e. The molecule has 4 rings (SSSR count). The van der Waals surface area contributed by atoms with Crippen LogP contribution in [0.3, 0.4) is 0 Å². The lowest BCUT2D eigenvalue weighted by molar-refractivity contribution is 0.0698. The van der Waals surface area contributed by atoms with Crippen molar-refractivity contribution in [2.24, 2.45) is 0 Å². The summed E-state index contributed by atoms with van der Waals surface area (Å²) in [7, 11) is 0. The van der Waals surface area contributed by atoms with Gasteiger partial charge in [0, 0.05) is 11.1 Å². The molecule has 146 valence electrons. The van der Waals surface area contributed by atoms with Gasteiger partial charge in [-0.3, -0.25) is 0 Å². The number of anilines is 2. The van der Waals surface area contributed by atoms with E-state index in [1.165, 1.54) is 12.5 Å². The van der Waals surface area contributed by atoms with Crippen LogP contribution in [0.5, 0.6) is 0 Å². The van der Waals surface area contributed by atoms with E-state index in [0.717, 1.165) is 11.1 Å². The van der Waals surface area contributed by atoms with Crippen LogP contribution in [0.2, 0.25) is 5.15 Å². The molecule has 29 heavy (non-hydrogen) atoms. The Morgan fingerprint density at radius 3 is 2.72 bits per heavy atom. The number of aromatic carboxylic acids is 1. The van der Waals surface area contributed by atoms with Crippen LogP contribution in [-0.4, -0.2) is 35.6 Å². The molecule has 3 aromatic heterocycles. The molecule has 1 atom stereocenters. The number of imidazole rings is 1. The number of rotatable bonds is 5. The molecule has 1 aromatic carbocycles. The van der Waals surface area contributed by atoms with Crippen molar-refractivity contribution in [3.05, 3.63) is 65.2 Å². The Labute approximate surface area is 170 Å². The Hall–Kier alpha value is -3.72. The highest BCUT2D eigenvalue weighted by atomic mass is 35.5. The van der Waals surface area contributed by atoms with Gasteiger partial charge in [-0.25, -0.2) is 24.3 Å². The minimum atomic E-state index is -1.21. The number of aromatic nitrogens is 5. The van der Waals surface area contributed by atoms with Gasteiger partial charge in [-0.2, -0.15) is 5.10 Å². The van der Waals surface area contributed by atoms with Crippen LogP contribution >= 0.6 is 11.6 Å². The molecule has 0 fully saturated rings. The largest absolute Gasteiger partial charge is 0.477 e. The second kappa shape index (κ2) is 7.36. The Morgan fingerprint density at radius 2 is 2.00 bits per heavy atom. The van der Waals surface area contributed by atoms with Gasteiger partial charge in [-0.05, 0) is 13.0 Å². The first-order valence-corrected chi connectivity index (χ1v) is 9.03. The number of halogens is 1. The Morgan fingerprint density at radius 1 is 1.24 bits per heavy atom. The molecule has 9 nitrogen and oxygen atoms in total. The number of hydrogen-bond donors (Lipinski definition) is 3. The Kier molecular flexibility index (Phi) is 4.73. The maximum absolute atomic E-state index is 11.6. The van der Waals surface area contributed by atoms with E-state index >= 15 is 0 Å². The molecule has 4 aromatic rings. The van der Waals surface area contributed by atoms with E-state index in [-0.39, 0.29) is 23.2 Å². The Balaban J connectivity index is 1.83. The summed E-state index contributed by atoms with van der Waals surface area (Å²) in [5, 5.41) is 17.6. The van der Waals surface area contributed by atoms with Crippen molar-refractivity contribution in [3.8, 4) is 11.3 Å². The number of benzene rings is 1. The van der Waals surface area contributed by atoms with E-state index in [0.29, 0.717) is 16.5 Å². The quantitative estimate of drug-likeness (QED) is 0.457. The standard InChI is InChI=1S/C19H16ClN7O2/c1-10(25-18-15(19(28)29)17(21)23-9-24-18)12-7-14-22-8-13(20)27(14)26-16(12)11-5-3-2-4-6-11/h2-10H,1H3,(H,28,29)(H3,21,23,24,25).